The summed E-state index contributed by atoms with van der Waals surface area (Å²) in [6.45, 7) is 4.87. The van der Waals surface area contributed by atoms with E-state index in [1.54, 1.807) is 0 Å². The fourth-order valence-electron chi connectivity index (χ4n) is 13.4. The van der Waals surface area contributed by atoms with Crippen molar-refractivity contribution < 1.29 is 8.83 Å². The van der Waals surface area contributed by atoms with Gasteiger partial charge in [-0.3, -0.25) is 0 Å². The predicted molar refractivity (Wildman–Crippen MR) is 331 cm³/mol. The molecule has 0 saturated carbocycles. The van der Waals surface area contributed by atoms with Gasteiger partial charge < -0.3 is 18.6 Å². The molecule has 2 heterocycles. The number of nitrogens with zero attached hydrogens (tertiary/aromatic N) is 2. The molecule has 0 spiro atoms. The largest absolute Gasteiger partial charge is 0.453 e. The molecule has 16 rings (SSSR count). The van der Waals surface area contributed by atoms with E-state index in [0.29, 0.717) is 0 Å². The zero-order valence-corrected chi connectivity index (χ0v) is 43.6. The van der Waals surface area contributed by atoms with E-state index in [0.717, 1.165) is 100 Å². The minimum absolute atomic E-state index is 0.383. The highest BCUT2D eigenvalue weighted by atomic mass is 16.3. The van der Waals surface area contributed by atoms with Crippen LogP contribution in [-0.4, -0.2) is 0 Å². The first-order valence-electron chi connectivity index (χ1n) is 27.2. The van der Waals surface area contributed by atoms with Gasteiger partial charge in [-0.1, -0.05) is 226 Å². The van der Waals surface area contributed by atoms with Crippen LogP contribution in [0.15, 0.2) is 276 Å². The van der Waals surface area contributed by atoms with Crippen LogP contribution in [-0.2, 0) is 5.41 Å². The maximum absolute atomic E-state index is 7.18. The van der Waals surface area contributed by atoms with E-state index in [9.17, 15) is 0 Å². The van der Waals surface area contributed by atoms with Gasteiger partial charge in [0.25, 0.3) is 0 Å². The Morgan fingerprint density at radius 1 is 0.266 bits per heavy atom. The molecule has 15 aromatic rings. The van der Waals surface area contributed by atoms with Crippen LogP contribution >= 0.6 is 0 Å². The Kier molecular flexibility index (Phi) is 9.95. The summed E-state index contributed by atoms with van der Waals surface area (Å²) in [5.74, 6) is 0. The number of furan rings is 2. The van der Waals surface area contributed by atoms with Crippen molar-refractivity contribution in [2.75, 3.05) is 9.80 Å². The van der Waals surface area contributed by atoms with E-state index in [1.807, 2.05) is 0 Å². The summed E-state index contributed by atoms with van der Waals surface area (Å²) in [6, 6.07) is 96.4. The normalized spacial score (nSPS) is 12.8. The van der Waals surface area contributed by atoms with Gasteiger partial charge in [-0.05, 0) is 115 Å². The second kappa shape index (κ2) is 17.4. The van der Waals surface area contributed by atoms with E-state index in [1.165, 1.54) is 54.6 Å². The highest BCUT2D eigenvalue weighted by molar-refractivity contribution is 6.22. The Bertz CT molecular complexity index is 4920. The second-order valence-electron chi connectivity index (χ2n) is 21.5. The summed E-state index contributed by atoms with van der Waals surface area (Å²) in [7, 11) is 0. The standard InChI is InChI=1S/C75H50N2O2/c1-75(2)69-57-34-18-16-32-55(57)67(77(50-29-13-6-14-30-50)66-42-22-40-62-60-38-20-36-53(72(60)79-74(62)66)48-25-9-4-10-26-48)46-64(69)68-56-33-17-15-31-54(56)63-45-51(43-44-58(63)70(68)75)76(49-27-11-5-12-28-49)65-41-21-39-61-59-37-19-35-52(71(59)78-73(61)65)47-23-7-3-8-24-47/h3-46H,1-2H3. The first-order chi connectivity index (χ1) is 39.0. The quantitative estimate of drug-likeness (QED) is 0.142. The topological polar surface area (TPSA) is 32.8 Å². The SMILES string of the molecule is CC1(C)c2c(cc(N(c3ccccc3)c3cccc4c3oc3c(-c5ccccc5)cccc34)c3ccccc23)-c2c1c1ccc(N(c3ccccc3)c3cccc4c3oc3c(-c5ccccc5)cccc34)cc1c1ccccc21. The molecule has 0 aliphatic heterocycles. The molecule has 372 valence electrons. The summed E-state index contributed by atoms with van der Waals surface area (Å²) in [6.07, 6.45) is 0. The summed E-state index contributed by atoms with van der Waals surface area (Å²) in [4.78, 5) is 4.80. The average molecular weight is 1010 g/mol. The Balaban J connectivity index is 0.923. The van der Waals surface area contributed by atoms with Gasteiger partial charge in [-0.15, -0.1) is 0 Å². The lowest BCUT2D eigenvalue weighted by Gasteiger charge is -2.30. The van der Waals surface area contributed by atoms with Crippen LogP contribution in [0.2, 0.25) is 0 Å². The van der Waals surface area contributed by atoms with Gasteiger partial charge >= 0.3 is 0 Å². The molecular weight excluding hydrogens is 961 g/mol. The van der Waals surface area contributed by atoms with E-state index in [4.69, 9.17) is 8.83 Å². The molecule has 0 saturated heterocycles. The molecule has 13 aromatic carbocycles. The molecule has 79 heavy (non-hydrogen) atoms. The van der Waals surface area contributed by atoms with Gasteiger partial charge in [-0.25, -0.2) is 0 Å². The van der Waals surface area contributed by atoms with Crippen molar-refractivity contribution in [3.05, 3.63) is 278 Å². The average Bonchev–Trinajstić information content (AvgIpc) is 3.79. The van der Waals surface area contributed by atoms with Gasteiger partial charge in [0.05, 0.1) is 17.1 Å². The van der Waals surface area contributed by atoms with Crippen LogP contribution in [0.5, 0.6) is 0 Å². The molecule has 4 heteroatoms. The van der Waals surface area contributed by atoms with Crippen LogP contribution in [0.4, 0.5) is 34.1 Å². The number of fused-ring (bicyclic) bond motifs is 16. The Morgan fingerprint density at radius 2 is 0.696 bits per heavy atom. The molecule has 0 amide bonds. The van der Waals surface area contributed by atoms with Crippen LogP contribution in [0.3, 0.4) is 0 Å². The lowest BCUT2D eigenvalue weighted by molar-refractivity contribution is 0.669. The van der Waals surface area contributed by atoms with E-state index in [2.05, 4.69) is 291 Å². The number of hydrogen-bond acceptors (Lipinski definition) is 4. The minimum Gasteiger partial charge on any atom is -0.453 e. The van der Waals surface area contributed by atoms with Crippen LogP contribution in [0, 0.1) is 0 Å². The van der Waals surface area contributed by atoms with Gasteiger partial charge in [0, 0.05) is 60.5 Å². The third-order valence-electron chi connectivity index (χ3n) is 16.7. The third-order valence-corrected chi connectivity index (χ3v) is 16.7. The zero-order valence-electron chi connectivity index (χ0n) is 43.6. The smallest absolute Gasteiger partial charge is 0.159 e. The van der Waals surface area contributed by atoms with Crippen molar-refractivity contribution in [1.29, 1.82) is 0 Å². The molecule has 0 N–H and O–H groups in total. The fourth-order valence-corrected chi connectivity index (χ4v) is 13.4. The van der Waals surface area contributed by atoms with Crippen molar-refractivity contribution >= 4 is 110 Å². The zero-order chi connectivity index (χ0) is 52.3. The summed E-state index contributed by atoms with van der Waals surface area (Å²) < 4.78 is 14.3. The maximum atomic E-state index is 7.18. The predicted octanol–water partition coefficient (Wildman–Crippen LogP) is 21.5. The third kappa shape index (κ3) is 6.74. The Hall–Kier alpha value is -10.2. The molecule has 0 unspecified atom stereocenters. The van der Waals surface area contributed by atoms with Crippen molar-refractivity contribution in [2.24, 2.45) is 0 Å². The Labute approximate surface area is 457 Å². The number of benzene rings is 13. The molecule has 0 fully saturated rings. The Morgan fingerprint density at radius 3 is 1.27 bits per heavy atom. The molecule has 0 radical (unpaired) electrons. The maximum Gasteiger partial charge on any atom is 0.159 e. The van der Waals surface area contributed by atoms with Crippen LogP contribution in [0.25, 0.3) is 110 Å². The molecule has 0 bridgehead atoms. The summed E-state index contributed by atoms with van der Waals surface area (Å²) in [5, 5.41) is 11.7. The highest BCUT2D eigenvalue weighted by Crippen LogP contribution is 2.59. The molecule has 1 aliphatic carbocycles. The van der Waals surface area contributed by atoms with E-state index < -0.39 is 0 Å². The monoisotopic (exact) mass is 1010 g/mol. The lowest BCUT2D eigenvalue weighted by Crippen LogP contribution is -2.17. The highest BCUT2D eigenvalue weighted by Gasteiger charge is 2.41. The summed E-state index contributed by atoms with van der Waals surface area (Å²) in [5.41, 5.74) is 18.9. The van der Waals surface area contributed by atoms with Gasteiger partial charge in [0.15, 0.2) is 11.2 Å². The first-order valence-corrected chi connectivity index (χ1v) is 27.2. The second-order valence-corrected chi connectivity index (χ2v) is 21.5. The number of rotatable bonds is 8. The lowest BCUT2D eigenvalue weighted by atomic mass is 9.77. The van der Waals surface area contributed by atoms with Crippen LogP contribution < -0.4 is 9.80 Å². The van der Waals surface area contributed by atoms with Crippen molar-refractivity contribution in [3.8, 4) is 33.4 Å². The molecule has 0 atom stereocenters. The van der Waals surface area contributed by atoms with Crippen molar-refractivity contribution in [2.45, 2.75) is 19.3 Å². The van der Waals surface area contributed by atoms with Crippen LogP contribution in [0.1, 0.15) is 25.0 Å². The van der Waals surface area contributed by atoms with E-state index in [-0.39, 0.29) is 5.41 Å². The minimum atomic E-state index is -0.383. The fraction of sp³-hybridized carbons (Fsp3) is 0.0400. The summed E-state index contributed by atoms with van der Waals surface area (Å²) >= 11 is 0. The molecular formula is C75H50N2O2. The first kappa shape index (κ1) is 45.1. The molecule has 2 aromatic heterocycles. The number of hydrogen-bond donors (Lipinski definition) is 0. The van der Waals surface area contributed by atoms with Gasteiger partial charge in [-0.2, -0.15) is 0 Å². The van der Waals surface area contributed by atoms with Crippen molar-refractivity contribution in [1.82, 2.24) is 0 Å². The van der Waals surface area contributed by atoms with E-state index >= 15 is 0 Å². The van der Waals surface area contributed by atoms with Gasteiger partial charge in [0.2, 0.25) is 0 Å². The van der Waals surface area contributed by atoms with Crippen molar-refractivity contribution in [3.63, 3.8) is 0 Å². The molecule has 1 aliphatic rings. The molecule has 4 nitrogen and oxygen atoms in total. The van der Waals surface area contributed by atoms with Gasteiger partial charge in [0.1, 0.15) is 11.2 Å². The number of anilines is 6. The number of para-hydroxylation sites is 6.